The van der Waals surface area contributed by atoms with Gasteiger partial charge < -0.3 is 19.3 Å². The van der Waals surface area contributed by atoms with Crippen LogP contribution < -0.4 is 9.64 Å². The average Bonchev–Trinajstić information content (AvgIpc) is 3.44. The van der Waals surface area contributed by atoms with E-state index in [2.05, 4.69) is 10.00 Å². The topological polar surface area (TPSA) is 76.9 Å². The standard InChI is InChI=1S/C31H31FN4O4/c1-3-40-31(38)26-21-28(36(33-26)27-6-4-5-7-29(27)39-2)23-10-14-25(15-11-23)34-16-18-35(19-17-34)30(37)20-22-8-12-24(32)13-9-22/h4-15,21H,3,16-20H2,1-2H3. The van der Waals surface area contributed by atoms with Gasteiger partial charge in [-0.05, 0) is 55.0 Å². The number of carbonyl (C=O) groups is 2. The van der Waals surface area contributed by atoms with E-state index in [0.29, 0.717) is 37.6 Å². The normalized spacial score (nSPS) is 13.3. The summed E-state index contributed by atoms with van der Waals surface area (Å²) < 4.78 is 25.6. The van der Waals surface area contributed by atoms with Gasteiger partial charge in [-0.1, -0.05) is 36.4 Å². The Labute approximate surface area is 232 Å². The molecule has 1 aromatic heterocycles. The second kappa shape index (κ2) is 12.0. The highest BCUT2D eigenvalue weighted by Crippen LogP contribution is 2.31. The van der Waals surface area contributed by atoms with Crippen molar-refractivity contribution in [2.75, 3.05) is 44.8 Å². The van der Waals surface area contributed by atoms with Gasteiger partial charge in [0, 0.05) is 37.4 Å². The zero-order valence-electron chi connectivity index (χ0n) is 22.5. The lowest BCUT2D eigenvalue weighted by molar-refractivity contribution is -0.130. The monoisotopic (exact) mass is 542 g/mol. The maximum absolute atomic E-state index is 13.2. The van der Waals surface area contributed by atoms with Crippen LogP contribution in [0.1, 0.15) is 23.0 Å². The van der Waals surface area contributed by atoms with Gasteiger partial charge in [0.15, 0.2) is 5.69 Å². The van der Waals surface area contributed by atoms with Crippen LogP contribution >= 0.6 is 0 Å². The molecule has 1 aliphatic rings. The van der Waals surface area contributed by atoms with Gasteiger partial charge in [-0.2, -0.15) is 5.10 Å². The third-order valence-electron chi connectivity index (χ3n) is 6.94. The SMILES string of the molecule is CCOC(=O)c1cc(-c2ccc(N3CCN(C(=O)Cc4ccc(F)cc4)CC3)cc2)n(-c2ccccc2OC)n1. The molecular formula is C31H31FN4O4. The first-order valence-electron chi connectivity index (χ1n) is 13.2. The molecule has 2 heterocycles. The van der Waals surface area contributed by atoms with Crippen LogP contribution in [0.3, 0.4) is 0 Å². The number of carbonyl (C=O) groups excluding carboxylic acids is 2. The first-order valence-corrected chi connectivity index (χ1v) is 13.2. The summed E-state index contributed by atoms with van der Waals surface area (Å²) in [5, 5.41) is 4.55. The Hall–Kier alpha value is -4.66. The van der Waals surface area contributed by atoms with Crippen LogP contribution in [0.5, 0.6) is 5.75 Å². The van der Waals surface area contributed by atoms with Crippen LogP contribution in [0.15, 0.2) is 78.9 Å². The molecular weight excluding hydrogens is 511 g/mol. The summed E-state index contributed by atoms with van der Waals surface area (Å²) >= 11 is 0. The Morgan fingerprint density at radius 3 is 2.30 bits per heavy atom. The molecule has 1 saturated heterocycles. The fraction of sp³-hybridized carbons (Fsp3) is 0.258. The Morgan fingerprint density at radius 2 is 1.62 bits per heavy atom. The molecule has 206 valence electrons. The van der Waals surface area contributed by atoms with Crippen LogP contribution in [-0.4, -0.2) is 66.5 Å². The highest BCUT2D eigenvalue weighted by Gasteiger charge is 2.23. The number of halogens is 1. The van der Waals surface area contributed by atoms with Crippen LogP contribution in [0.4, 0.5) is 10.1 Å². The van der Waals surface area contributed by atoms with Crippen molar-refractivity contribution in [1.82, 2.24) is 14.7 Å². The number of nitrogens with zero attached hydrogens (tertiary/aromatic N) is 4. The lowest BCUT2D eigenvalue weighted by Gasteiger charge is -2.36. The van der Waals surface area contributed by atoms with Crippen molar-refractivity contribution >= 4 is 17.6 Å². The summed E-state index contributed by atoms with van der Waals surface area (Å²) in [6.45, 7) is 4.67. The first-order chi connectivity index (χ1) is 19.5. The number of rotatable bonds is 8. The lowest BCUT2D eigenvalue weighted by Crippen LogP contribution is -2.49. The summed E-state index contributed by atoms with van der Waals surface area (Å²) in [7, 11) is 1.60. The van der Waals surface area contributed by atoms with Gasteiger partial charge in [0.05, 0.1) is 25.8 Å². The van der Waals surface area contributed by atoms with E-state index in [4.69, 9.17) is 9.47 Å². The van der Waals surface area contributed by atoms with Crippen molar-refractivity contribution in [1.29, 1.82) is 0 Å². The predicted molar refractivity (Wildman–Crippen MR) is 150 cm³/mol. The minimum Gasteiger partial charge on any atom is -0.494 e. The van der Waals surface area contributed by atoms with Crippen LogP contribution in [0, 0.1) is 5.82 Å². The van der Waals surface area contributed by atoms with Gasteiger partial charge in [-0.15, -0.1) is 0 Å². The number of hydrogen-bond donors (Lipinski definition) is 0. The van der Waals surface area contributed by atoms with Gasteiger partial charge in [0.2, 0.25) is 5.91 Å². The Balaban J connectivity index is 1.31. The van der Waals surface area contributed by atoms with E-state index in [9.17, 15) is 14.0 Å². The van der Waals surface area contributed by atoms with E-state index in [1.807, 2.05) is 53.4 Å². The maximum atomic E-state index is 13.2. The molecule has 0 atom stereocenters. The molecule has 3 aromatic carbocycles. The molecule has 5 rings (SSSR count). The number of piperazine rings is 1. The molecule has 40 heavy (non-hydrogen) atoms. The van der Waals surface area contributed by atoms with E-state index in [-0.39, 0.29) is 30.4 Å². The summed E-state index contributed by atoms with van der Waals surface area (Å²) in [5.41, 5.74) is 4.39. The van der Waals surface area contributed by atoms with Crippen molar-refractivity contribution in [3.05, 3.63) is 95.9 Å². The Morgan fingerprint density at radius 1 is 0.925 bits per heavy atom. The van der Waals surface area contributed by atoms with Gasteiger partial charge in [-0.3, -0.25) is 4.79 Å². The molecule has 0 unspecified atom stereocenters. The van der Waals surface area contributed by atoms with E-state index >= 15 is 0 Å². The zero-order chi connectivity index (χ0) is 28.1. The second-order valence-electron chi connectivity index (χ2n) is 9.44. The Bertz CT molecular complexity index is 1480. The summed E-state index contributed by atoms with van der Waals surface area (Å²) in [5.74, 6) is -0.116. The number of anilines is 1. The van der Waals surface area contributed by atoms with Crippen LogP contribution in [0.25, 0.3) is 16.9 Å². The van der Waals surface area contributed by atoms with Gasteiger partial charge in [0.25, 0.3) is 0 Å². The van der Waals surface area contributed by atoms with Crippen LogP contribution in [-0.2, 0) is 16.0 Å². The van der Waals surface area contributed by atoms with E-state index in [1.165, 1.54) is 12.1 Å². The average molecular weight is 543 g/mol. The molecule has 1 fully saturated rings. The molecule has 0 aliphatic carbocycles. The number of hydrogen-bond acceptors (Lipinski definition) is 6. The minimum absolute atomic E-state index is 0.0450. The van der Waals surface area contributed by atoms with Crippen molar-refractivity contribution < 1.29 is 23.5 Å². The second-order valence-corrected chi connectivity index (χ2v) is 9.44. The number of esters is 1. The molecule has 0 saturated carbocycles. The predicted octanol–water partition coefficient (Wildman–Crippen LogP) is 4.76. The fourth-order valence-corrected chi connectivity index (χ4v) is 4.83. The van der Waals surface area contributed by atoms with Gasteiger partial charge >= 0.3 is 5.97 Å². The smallest absolute Gasteiger partial charge is 0.358 e. The van der Waals surface area contributed by atoms with Crippen molar-refractivity contribution in [2.45, 2.75) is 13.3 Å². The minimum atomic E-state index is -0.485. The summed E-state index contributed by atoms with van der Waals surface area (Å²) in [4.78, 5) is 29.3. The van der Waals surface area contributed by atoms with Gasteiger partial charge in [0.1, 0.15) is 17.3 Å². The summed E-state index contributed by atoms with van der Waals surface area (Å²) in [6.07, 6.45) is 0.267. The third-order valence-corrected chi connectivity index (χ3v) is 6.94. The maximum Gasteiger partial charge on any atom is 0.358 e. The molecule has 1 amide bonds. The van der Waals surface area contributed by atoms with Crippen LogP contribution in [0.2, 0.25) is 0 Å². The quantitative estimate of drug-likeness (QED) is 0.299. The number of methoxy groups -OCH3 is 1. The number of benzene rings is 3. The molecule has 0 radical (unpaired) electrons. The molecule has 0 bridgehead atoms. The number of amides is 1. The molecule has 0 N–H and O–H groups in total. The first kappa shape index (κ1) is 26.9. The Kier molecular flexibility index (Phi) is 8.10. The number of ether oxygens (including phenoxy) is 2. The van der Waals surface area contributed by atoms with E-state index in [0.717, 1.165) is 22.5 Å². The van der Waals surface area contributed by atoms with E-state index in [1.54, 1.807) is 36.9 Å². The fourth-order valence-electron chi connectivity index (χ4n) is 4.83. The zero-order valence-corrected chi connectivity index (χ0v) is 22.5. The largest absolute Gasteiger partial charge is 0.494 e. The lowest BCUT2D eigenvalue weighted by atomic mass is 10.1. The van der Waals surface area contributed by atoms with Crippen molar-refractivity contribution in [3.8, 4) is 22.7 Å². The van der Waals surface area contributed by atoms with E-state index < -0.39 is 5.97 Å². The third kappa shape index (κ3) is 5.83. The molecule has 0 spiro atoms. The molecule has 8 nitrogen and oxygen atoms in total. The van der Waals surface area contributed by atoms with Crippen molar-refractivity contribution in [3.63, 3.8) is 0 Å². The van der Waals surface area contributed by atoms with Crippen molar-refractivity contribution in [2.24, 2.45) is 0 Å². The molecule has 1 aliphatic heterocycles. The molecule has 9 heteroatoms. The highest BCUT2D eigenvalue weighted by atomic mass is 19.1. The molecule has 4 aromatic rings. The number of para-hydroxylation sites is 2. The number of aromatic nitrogens is 2. The summed E-state index contributed by atoms with van der Waals surface area (Å²) in [6, 6.07) is 23.4. The highest BCUT2D eigenvalue weighted by molar-refractivity contribution is 5.89. The van der Waals surface area contributed by atoms with Gasteiger partial charge in [-0.25, -0.2) is 13.9 Å².